The molecule has 1 aliphatic rings. The number of hydrogen-bond acceptors (Lipinski definition) is 2. The quantitative estimate of drug-likeness (QED) is 0.654. The van der Waals surface area contributed by atoms with Gasteiger partial charge in [0.15, 0.2) is 5.96 Å². The van der Waals surface area contributed by atoms with E-state index < -0.39 is 0 Å². The lowest BCUT2D eigenvalue weighted by atomic mass is 10.1. The van der Waals surface area contributed by atoms with Crippen molar-refractivity contribution >= 4 is 17.6 Å². The number of carbonyl (C=O) groups excluding carboxylic acids is 1. The highest BCUT2D eigenvalue weighted by Gasteiger charge is 2.22. The second-order valence-electron chi connectivity index (χ2n) is 6.61. The minimum Gasteiger partial charge on any atom is -0.352 e. The second kappa shape index (κ2) is 8.71. The normalized spacial score (nSPS) is 13.4. The van der Waals surface area contributed by atoms with E-state index in [1.165, 1.54) is 11.3 Å². The molecule has 2 aromatic carbocycles. The van der Waals surface area contributed by atoms with Crippen LogP contribution in [0.1, 0.15) is 35.3 Å². The van der Waals surface area contributed by atoms with Gasteiger partial charge in [-0.3, -0.25) is 9.79 Å². The Labute approximate surface area is 161 Å². The molecule has 1 N–H and O–H groups in total. The topological polar surface area (TPSA) is 47.9 Å². The van der Waals surface area contributed by atoms with Crippen LogP contribution in [0.3, 0.4) is 0 Å². The summed E-state index contributed by atoms with van der Waals surface area (Å²) in [5.74, 6) is 0.965. The number of benzene rings is 2. The highest BCUT2D eigenvalue weighted by Crippen LogP contribution is 2.27. The van der Waals surface area contributed by atoms with Crippen LogP contribution in [0.25, 0.3) is 0 Å². The third kappa shape index (κ3) is 4.13. The van der Waals surface area contributed by atoms with Crippen molar-refractivity contribution in [1.29, 1.82) is 0 Å². The lowest BCUT2D eigenvalue weighted by Gasteiger charge is -2.22. The smallest absolute Gasteiger partial charge is 0.253 e. The first kappa shape index (κ1) is 19.0. The van der Waals surface area contributed by atoms with E-state index in [0.29, 0.717) is 6.54 Å². The summed E-state index contributed by atoms with van der Waals surface area (Å²) in [5.41, 5.74) is 4.45. The molecular formula is C22H28N4O. The highest BCUT2D eigenvalue weighted by molar-refractivity contribution is 5.98. The van der Waals surface area contributed by atoms with Crippen LogP contribution >= 0.6 is 0 Å². The van der Waals surface area contributed by atoms with Gasteiger partial charge in [-0.1, -0.05) is 30.3 Å². The zero-order valence-electron chi connectivity index (χ0n) is 16.4. The van der Waals surface area contributed by atoms with E-state index in [2.05, 4.69) is 39.5 Å². The molecule has 0 radical (unpaired) electrons. The Balaban J connectivity index is 1.64. The summed E-state index contributed by atoms with van der Waals surface area (Å²) in [7, 11) is 1.81. The Morgan fingerprint density at radius 2 is 1.81 bits per heavy atom. The molecule has 1 aliphatic heterocycles. The van der Waals surface area contributed by atoms with Crippen molar-refractivity contribution in [2.24, 2.45) is 4.99 Å². The van der Waals surface area contributed by atoms with Crippen LogP contribution in [-0.4, -0.2) is 43.4 Å². The van der Waals surface area contributed by atoms with Crippen molar-refractivity contribution in [3.8, 4) is 0 Å². The molecule has 1 heterocycles. The lowest BCUT2D eigenvalue weighted by molar-refractivity contribution is 0.0773. The monoisotopic (exact) mass is 364 g/mol. The third-order valence-electron chi connectivity index (χ3n) is 5.06. The Morgan fingerprint density at radius 1 is 1.11 bits per heavy atom. The number of para-hydroxylation sites is 1. The zero-order valence-corrected chi connectivity index (χ0v) is 16.4. The standard InChI is InChI=1S/C22H28N4O/c1-4-25(5-2)21(27)19-12-10-17(11-13-19)16-24-22(23-3)26-15-14-18-8-6-7-9-20(18)26/h6-13H,4-5,14-16H2,1-3H3,(H,23,24). The minimum absolute atomic E-state index is 0.0870. The Kier molecular flexibility index (Phi) is 6.12. The molecular weight excluding hydrogens is 336 g/mol. The van der Waals surface area contributed by atoms with Gasteiger partial charge in [-0.05, 0) is 49.6 Å². The van der Waals surface area contributed by atoms with Gasteiger partial charge in [0.25, 0.3) is 5.91 Å². The summed E-state index contributed by atoms with van der Waals surface area (Å²) in [6, 6.07) is 16.3. The van der Waals surface area contributed by atoms with Gasteiger partial charge in [-0.2, -0.15) is 0 Å². The van der Waals surface area contributed by atoms with Crippen LogP contribution in [-0.2, 0) is 13.0 Å². The number of rotatable bonds is 5. The number of hydrogen-bond donors (Lipinski definition) is 1. The van der Waals surface area contributed by atoms with E-state index in [4.69, 9.17) is 0 Å². The summed E-state index contributed by atoms with van der Waals surface area (Å²) < 4.78 is 0. The van der Waals surface area contributed by atoms with Crippen molar-refractivity contribution in [3.63, 3.8) is 0 Å². The molecule has 2 aromatic rings. The van der Waals surface area contributed by atoms with Crippen molar-refractivity contribution in [1.82, 2.24) is 10.2 Å². The van der Waals surface area contributed by atoms with Gasteiger partial charge >= 0.3 is 0 Å². The molecule has 0 fully saturated rings. The maximum absolute atomic E-state index is 12.4. The molecule has 1 amide bonds. The molecule has 142 valence electrons. The molecule has 0 bridgehead atoms. The van der Waals surface area contributed by atoms with E-state index >= 15 is 0 Å². The predicted octanol–water partition coefficient (Wildman–Crippen LogP) is 3.31. The van der Waals surface area contributed by atoms with E-state index in [1.807, 2.05) is 50.1 Å². The lowest BCUT2D eigenvalue weighted by Crippen LogP contribution is -2.40. The SMILES string of the molecule is CCN(CC)C(=O)c1ccc(CNC(=NC)N2CCc3ccccc32)cc1. The van der Waals surface area contributed by atoms with Crippen LogP contribution in [0.4, 0.5) is 5.69 Å². The number of nitrogens with zero attached hydrogens (tertiary/aromatic N) is 3. The van der Waals surface area contributed by atoms with E-state index in [1.54, 1.807) is 0 Å². The molecule has 0 saturated carbocycles. The molecule has 3 rings (SSSR count). The second-order valence-corrected chi connectivity index (χ2v) is 6.61. The van der Waals surface area contributed by atoms with Crippen molar-refractivity contribution in [2.75, 3.05) is 31.6 Å². The molecule has 0 atom stereocenters. The predicted molar refractivity (Wildman–Crippen MR) is 111 cm³/mol. The summed E-state index contributed by atoms with van der Waals surface area (Å²) >= 11 is 0. The first-order chi connectivity index (χ1) is 13.2. The highest BCUT2D eigenvalue weighted by atomic mass is 16.2. The Morgan fingerprint density at radius 3 is 2.48 bits per heavy atom. The van der Waals surface area contributed by atoms with Gasteiger partial charge in [0, 0.05) is 44.5 Å². The average Bonchev–Trinajstić information content (AvgIpc) is 3.14. The summed E-state index contributed by atoms with van der Waals surface area (Å²) in [6.07, 6.45) is 1.04. The summed E-state index contributed by atoms with van der Waals surface area (Å²) in [6.45, 7) is 7.07. The molecule has 27 heavy (non-hydrogen) atoms. The van der Waals surface area contributed by atoms with Gasteiger partial charge in [-0.15, -0.1) is 0 Å². The molecule has 5 heteroatoms. The molecule has 0 spiro atoms. The van der Waals surface area contributed by atoms with Crippen molar-refractivity contribution in [2.45, 2.75) is 26.8 Å². The van der Waals surface area contributed by atoms with Crippen molar-refractivity contribution in [3.05, 3.63) is 65.2 Å². The zero-order chi connectivity index (χ0) is 19.2. The molecule has 0 aliphatic carbocycles. The van der Waals surface area contributed by atoms with Gasteiger partial charge < -0.3 is 15.1 Å². The maximum atomic E-state index is 12.4. The molecule has 0 aromatic heterocycles. The third-order valence-corrected chi connectivity index (χ3v) is 5.06. The first-order valence-corrected chi connectivity index (χ1v) is 9.62. The van der Waals surface area contributed by atoms with Crippen LogP contribution in [0.15, 0.2) is 53.5 Å². The number of guanidine groups is 1. The molecule has 0 saturated heterocycles. The van der Waals surface area contributed by atoms with E-state index in [0.717, 1.165) is 43.1 Å². The van der Waals surface area contributed by atoms with E-state index in [9.17, 15) is 4.79 Å². The average molecular weight is 364 g/mol. The fourth-order valence-electron chi connectivity index (χ4n) is 3.49. The number of amides is 1. The van der Waals surface area contributed by atoms with Crippen molar-refractivity contribution < 1.29 is 4.79 Å². The number of carbonyl (C=O) groups is 1. The largest absolute Gasteiger partial charge is 0.352 e. The number of nitrogens with one attached hydrogen (secondary N) is 1. The number of aliphatic imine (C=N–C) groups is 1. The summed E-state index contributed by atoms with van der Waals surface area (Å²) in [4.78, 5) is 20.9. The van der Waals surface area contributed by atoms with Gasteiger partial charge in [-0.25, -0.2) is 0 Å². The minimum atomic E-state index is 0.0870. The maximum Gasteiger partial charge on any atom is 0.253 e. The Hall–Kier alpha value is -2.82. The van der Waals surface area contributed by atoms with Gasteiger partial charge in [0.1, 0.15) is 0 Å². The fourth-order valence-corrected chi connectivity index (χ4v) is 3.49. The van der Waals surface area contributed by atoms with Gasteiger partial charge in [0.2, 0.25) is 0 Å². The van der Waals surface area contributed by atoms with E-state index in [-0.39, 0.29) is 5.91 Å². The van der Waals surface area contributed by atoms with Crippen LogP contribution < -0.4 is 10.2 Å². The van der Waals surface area contributed by atoms with Gasteiger partial charge in [0.05, 0.1) is 0 Å². The fraction of sp³-hybridized carbons (Fsp3) is 0.364. The number of anilines is 1. The summed E-state index contributed by atoms with van der Waals surface area (Å²) in [5, 5.41) is 3.44. The number of fused-ring (bicyclic) bond motifs is 1. The molecule has 5 nitrogen and oxygen atoms in total. The Bertz CT molecular complexity index is 809. The van der Waals surface area contributed by atoms with Crippen LogP contribution in [0.2, 0.25) is 0 Å². The molecule has 0 unspecified atom stereocenters. The first-order valence-electron chi connectivity index (χ1n) is 9.62. The van der Waals surface area contributed by atoms with Crippen LogP contribution in [0.5, 0.6) is 0 Å². The van der Waals surface area contributed by atoms with Crippen LogP contribution in [0, 0.1) is 0 Å².